The molecule has 0 aromatic heterocycles. The van der Waals surface area contributed by atoms with E-state index in [1.165, 1.54) is 18.4 Å². The molecule has 2 atom stereocenters. The van der Waals surface area contributed by atoms with Crippen LogP contribution in [0.15, 0.2) is 42.5 Å². The zero-order valence-corrected chi connectivity index (χ0v) is 12.5. The van der Waals surface area contributed by atoms with Crippen molar-refractivity contribution in [1.29, 1.82) is 0 Å². The van der Waals surface area contributed by atoms with E-state index in [1.54, 1.807) is 0 Å². The van der Waals surface area contributed by atoms with Gasteiger partial charge in [-0.2, -0.15) is 5.06 Å². The van der Waals surface area contributed by atoms with Crippen LogP contribution in [0.5, 0.6) is 0 Å². The highest BCUT2D eigenvalue weighted by molar-refractivity contribution is 5.13. The maximum absolute atomic E-state index is 5.84. The molecule has 3 heteroatoms. The van der Waals surface area contributed by atoms with Gasteiger partial charge in [0.15, 0.2) is 6.79 Å². The molecule has 0 N–H and O–H groups in total. The number of hydrogen-bond donors (Lipinski definition) is 0. The van der Waals surface area contributed by atoms with Gasteiger partial charge in [0, 0.05) is 6.04 Å². The molecule has 0 spiro atoms. The lowest BCUT2D eigenvalue weighted by atomic mass is 9.99. The van der Waals surface area contributed by atoms with Crippen LogP contribution >= 0.6 is 0 Å². The number of nitrogens with zero attached hydrogens (tertiary/aromatic N) is 1. The summed E-state index contributed by atoms with van der Waals surface area (Å²) in [4.78, 5) is 5.84. The van der Waals surface area contributed by atoms with Crippen LogP contribution in [0, 0.1) is 0 Å². The Morgan fingerprint density at radius 3 is 2.80 bits per heavy atom. The van der Waals surface area contributed by atoms with Crippen LogP contribution in [-0.4, -0.2) is 23.9 Å². The number of hydroxylamine groups is 2. The molecule has 0 unspecified atom stereocenters. The Morgan fingerprint density at radius 2 is 2.05 bits per heavy atom. The van der Waals surface area contributed by atoms with Crippen LogP contribution in [0.2, 0.25) is 0 Å². The Kier molecular flexibility index (Phi) is 6.25. The molecule has 1 fully saturated rings. The van der Waals surface area contributed by atoms with E-state index in [9.17, 15) is 0 Å². The molecule has 0 saturated carbocycles. The number of ether oxygens (including phenoxy) is 1. The Morgan fingerprint density at radius 1 is 1.25 bits per heavy atom. The summed E-state index contributed by atoms with van der Waals surface area (Å²) in [7, 11) is 0. The lowest BCUT2D eigenvalue weighted by Crippen LogP contribution is -2.44. The molecule has 0 amide bonds. The first-order chi connectivity index (χ1) is 9.81. The van der Waals surface area contributed by atoms with Gasteiger partial charge >= 0.3 is 0 Å². The van der Waals surface area contributed by atoms with Crippen molar-refractivity contribution in [2.24, 2.45) is 0 Å². The number of allylic oxidation sites excluding steroid dienone is 1. The van der Waals surface area contributed by atoms with Gasteiger partial charge in [0.1, 0.15) is 0 Å². The van der Waals surface area contributed by atoms with Crippen LogP contribution in [0.4, 0.5) is 0 Å². The molecular weight excluding hydrogens is 250 g/mol. The normalized spacial score (nSPS) is 24.3. The van der Waals surface area contributed by atoms with E-state index < -0.39 is 0 Å². The zero-order valence-electron chi connectivity index (χ0n) is 12.5. The number of piperidine rings is 1. The summed E-state index contributed by atoms with van der Waals surface area (Å²) < 4.78 is 5.61. The molecule has 1 aliphatic rings. The molecule has 0 aliphatic carbocycles. The molecule has 0 radical (unpaired) electrons. The highest BCUT2D eigenvalue weighted by atomic mass is 16.8. The third-order valence-corrected chi connectivity index (χ3v) is 3.69. The largest absolute Gasteiger partial charge is 0.349 e. The minimum atomic E-state index is 0.313. The van der Waals surface area contributed by atoms with Crippen molar-refractivity contribution >= 4 is 0 Å². The highest BCUT2D eigenvalue weighted by Crippen LogP contribution is 2.23. The van der Waals surface area contributed by atoms with Gasteiger partial charge in [-0.15, -0.1) is 0 Å². The predicted octanol–water partition coefficient (Wildman–Crippen LogP) is 3.91. The first-order valence-electron chi connectivity index (χ1n) is 7.47. The lowest BCUT2D eigenvalue weighted by Gasteiger charge is -2.37. The fraction of sp³-hybridized carbons (Fsp3) is 0.529. The van der Waals surface area contributed by atoms with E-state index in [-0.39, 0.29) is 0 Å². The fourth-order valence-corrected chi connectivity index (χ4v) is 2.66. The zero-order chi connectivity index (χ0) is 14.2. The number of rotatable bonds is 6. The lowest BCUT2D eigenvalue weighted by molar-refractivity contribution is -0.264. The van der Waals surface area contributed by atoms with Crippen LogP contribution < -0.4 is 0 Å². The summed E-state index contributed by atoms with van der Waals surface area (Å²) in [6, 6.07) is 11.0. The van der Waals surface area contributed by atoms with Gasteiger partial charge < -0.3 is 4.74 Å². The molecule has 1 aliphatic heterocycles. The summed E-state index contributed by atoms with van der Waals surface area (Å²) >= 11 is 0. The minimum absolute atomic E-state index is 0.313. The van der Waals surface area contributed by atoms with Crippen LogP contribution in [0.1, 0.15) is 38.7 Å². The van der Waals surface area contributed by atoms with E-state index in [0.29, 0.717) is 25.5 Å². The third kappa shape index (κ3) is 4.44. The summed E-state index contributed by atoms with van der Waals surface area (Å²) in [6.45, 7) is 5.18. The van der Waals surface area contributed by atoms with E-state index in [2.05, 4.69) is 43.2 Å². The number of hydrogen-bond acceptors (Lipinski definition) is 3. The monoisotopic (exact) mass is 275 g/mol. The van der Waals surface area contributed by atoms with Gasteiger partial charge in [0.2, 0.25) is 0 Å². The van der Waals surface area contributed by atoms with Crippen molar-refractivity contribution in [2.75, 3.05) is 6.79 Å². The van der Waals surface area contributed by atoms with Crippen molar-refractivity contribution in [3.8, 4) is 0 Å². The second kappa shape index (κ2) is 8.20. The van der Waals surface area contributed by atoms with E-state index >= 15 is 0 Å². The summed E-state index contributed by atoms with van der Waals surface area (Å²) in [6.07, 6.45) is 7.93. The van der Waals surface area contributed by atoms with Gasteiger partial charge in [-0.1, -0.05) is 42.5 Å². The second-order valence-electron chi connectivity index (χ2n) is 5.31. The highest BCUT2D eigenvalue weighted by Gasteiger charge is 2.26. The molecule has 1 heterocycles. The first kappa shape index (κ1) is 15.2. The third-order valence-electron chi connectivity index (χ3n) is 3.69. The standard InChI is InChI=1S/C17H25NO2/c1-3-8-17-12-7-9-15(2)18(17)20-14-19-13-16-10-5-4-6-11-16/h3-6,8,10-11,15,17H,7,9,12-14H2,1-2H3/b8-3+/t15-,17+/m1/s1. The van der Waals surface area contributed by atoms with Crippen molar-refractivity contribution in [1.82, 2.24) is 5.06 Å². The molecule has 1 aromatic carbocycles. The van der Waals surface area contributed by atoms with Gasteiger partial charge in [0.05, 0.1) is 12.6 Å². The predicted molar refractivity (Wildman–Crippen MR) is 80.9 cm³/mol. The Labute approximate surface area is 122 Å². The molecule has 3 nitrogen and oxygen atoms in total. The molecule has 0 bridgehead atoms. The van der Waals surface area contributed by atoms with Crippen molar-refractivity contribution < 1.29 is 9.57 Å². The minimum Gasteiger partial charge on any atom is -0.349 e. The topological polar surface area (TPSA) is 21.7 Å². The van der Waals surface area contributed by atoms with Gasteiger partial charge in [-0.3, -0.25) is 4.84 Å². The SMILES string of the molecule is C/C=C/[C@H]1CCC[C@@H](C)N1OCOCc1ccccc1. The van der Waals surface area contributed by atoms with Crippen LogP contribution in [0.25, 0.3) is 0 Å². The Hall–Kier alpha value is -1.16. The van der Waals surface area contributed by atoms with Crippen molar-refractivity contribution in [3.63, 3.8) is 0 Å². The van der Waals surface area contributed by atoms with Crippen molar-refractivity contribution in [2.45, 2.75) is 51.8 Å². The maximum Gasteiger partial charge on any atom is 0.167 e. The first-order valence-corrected chi connectivity index (χ1v) is 7.47. The average Bonchev–Trinajstić information content (AvgIpc) is 2.47. The molecule has 110 valence electrons. The summed E-state index contributed by atoms with van der Waals surface area (Å²) in [5.74, 6) is 0. The Balaban J connectivity index is 1.76. The second-order valence-corrected chi connectivity index (χ2v) is 5.31. The van der Waals surface area contributed by atoms with Gasteiger partial charge in [-0.25, -0.2) is 0 Å². The average molecular weight is 275 g/mol. The Bertz CT molecular complexity index is 405. The molecule has 1 saturated heterocycles. The van der Waals surface area contributed by atoms with Crippen LogP contribution in [-0.2, 0) is 16.2 Å². The van der Waals surface area contributed by atoms with Gasteiger partial charge in [-0.05, 0) is 38.7 Å². The quantitative estimate of drug-likeness (QED) is 0.446. The molecular formula is C17H25NO2. The van der Waals surface area contributed by atoms with E-state index in [0.717, 1.165) is 6.42 Å². The maximum atomic E-state index is 5.84. The molecule has 1 aromatic rings. The molecule has 2 rings (SSSR count). The van der Waals surface area contributed by atoms with Crippen LogP contribution in [0.3, 0.4) is 0 Å². The summed E-state index contributed by atoms with van der Waals surface area (Å²) in [5, 5.41) is 2.09. The van der Waals surface area contributed by atoms with E-state index in [4.69, 9.17) is 9.57 Å². The van der Waals surface area contributed by atoms with Gasteiger partial charge in [0.25, 0.3) is 0 Å². The molecule has 20 heavy (non-hydrogen) atoms. The smallest absolute Gasteiger partial charge is 0.167 e. The van der Waals surface area contributed by atoms with E-state index in [1.807, 2.05) is 18.2 Å². The number of benzene rings is 1. The van der Waals surface area contributed by atoms with Crippen molar-refractivity contribution in [3.05, 3.63) is 48.0 Å². The summed E-state index contributed by atoms with van der Waals surface area (Å²) in [5.41, 5.74) is 1.17. The fourth-order valence-electron chi connectivity index (χ4n) is 2.66.